The van der Waals surface area contributed by atoms with Crippen molar-refractivity contribution < 1.29 is 23.5 Å². The Bertz CT molecular complexity index is 1570. The molecule has 0 aliphatic heterocycles. The second kappa shape index (κ2) is 13.5. The first-order chi connectivity index (χ1) is 19.8. The largest absolute Gasteiger partial charge is 0.444 e. The summed E-state index contributed by atoms with van der Waals surface area (Å²) in [4.78, 5) is 56.5. The molecule has 13 heteroatoms. The van der Waals surface area contributed by atoms with Gasteiger partial charge in [-0.05, 0) is 17.7 Å². The number of anilines is 1. The number of carbonyl (C=O) groups is 3. The molecular weight excluding hydrogens is 548 g/mol. The molecule has 0 bridgehead atoms. The molecular formula is C28H28N6O6S. The Morgan fingerprint density at radius 3 is 2.34 bits per heavy atom. The van der Waals surface area contributed by atoms with Crippen LogP contribution >= 0.6 is 11.8 Å². The Labute approximate surface area is 239 Å². The third-order valence-corrected chi connectivity index (χ3v) is 6.40. The second-order valence-corrected chi connectivity index (χ2v) is 9.93. The van der Waals surface area contributed by atoms with Gasteiger partial charge in [0.25, 0.3) is 16.7 Å². The highest BCUT2D eigenvalue weighted by molar-refractivity contribution is 7.98. The van der Waals surface area contributed by atoms with Gasteiger partial charge in [0, 0.05) is 5.56 Å². The number of nitrogens with zero attached hydrogens (tertiary/aromatic N) is 4. The zero-order valence-corrected chi connectivity index (χ0v) is 23.4. The van der Waals surface area contributed by atoms with Crippen LogP contribution in [0.4, 0.5) is 10.5 Å². The van der Waals surface area contributed by atoms with E-state index in [1.54, 1.807) is 62.6 Å². The molecule has 4 rings (SSSR count). The highest BCUT2D eigenvalue weighted by Crippen LogP contribution is 2.18. The van der Waals surface area contributed by atoms with Crippen molar-refractivity contribution in [3.05, 3.63) is 88.7 Å². The zero-order valence-electron chi connectivity index (χ0n) is 22.6. The fraction of sp³-hybridized carbons (Fsp3) is 0.250. The van der Waals surface area contributed by atoms with Crippen molar-refractivity contribution in [1.82, 2.24) is 25.1 Å². The smallest absolute Gasteiger partial charge is 0.412 e. The lowest BCUT2D eigenvalue weighted by atomic mass is 9.99. The summed E-state index contributed by atoms with van der Waals surface area (Å²) >= 11 is 1.19. The Hall–Kier alpha value is -4.78. The number of amides is 2. The van der Waals surface area contributed by atoms with Crippen LogP contribution in [0.15, 0.2) is 81.3 Å². The van der Waals surface area contributed by atoms with Crippen molar-refractivity contribution in [2.75, 3.05) is 11.6 Å². The van der Waals surface area contributed by atoms with Crippen LogP contribution in [0.5, 0.6) is 0 Å². The summed E-state index contributed by atoms with van der Waals surface area (Å²) in [5, 5.41) is 12.8. The molecule has 12 nitrogen and oxygen atoms in total. The molecule has 2 N–H and O–H groups in total. The summed E-state index contributed by atoms with van der Waals surface area (Å²) in [5.41, 5.74) is 0.485. The molecule has 1 unspecified atom stereocenters. The molecule has 2 heterocycles. The van der Waals surface area contributed by atoms with Crippen LogP contribution in [0, 0.1) is 5.92 Å². The average Bonchev–Trinajstić information content (AvgIpc) is 3.47. The quantitative estimate of drug-likeness (QED) is 0.199. The minimum atomic E-state index is -0.990. The van der Waals surface area contributed by atoms with E-state index in [0.29, 0.717) is 5.56 Å². The normalized spacial score (nSPS) is 11.6. The van der Waals surface area contributed by atoms with E-state index in [4.69, 9.17) is 9.15 Å². The van der Waals surface area contributed by atoms with E-state index in [1.165, 1.54) is 18.0 Å². The number of ether oxygens (including phenoxy) is 1. The highest BCUT2D eigenvalue weighted by atomic mass is 32.2. The second-order valence-electron chi connectivity index (χ2n) is 9.17. The zero-order chi connectivity index (χ0) is 29.4. The van der Waals surface area contributed by atoms with E-state index < -0.39 is 35.9 Å². The van der Waals surface area contributed by atoms with Gasteiger partial charge in [-0.25, -0.2) is 9.78 Å². The van der Waals surface area contributed by atoms with Gasteiger partial charge < -0.3 is 14.5 Å². The van der Waals surface area contributed by atoms with Gasteiger partial charge in [-0.3, -0.25) is 24.3 Å². The van der Waals surface area contributed by atoms with E-state index in [9.17, 15) is 19.2 Å². The summed E-state index contributed by atoms with van der Waals surface area (Å²) < 4.78 is 11.7. The fourth-order valence-corrected chi connectivity index (χ4v) is 4.12. The first-order valence-electron chi connectivity index (χ1n) is 12.6. The lowest BCUT2D eigenvalue weighted by Crippen LogP contribution is -2.46. The van der Waals surface area contributed by atoms with Crippen LogP contribution in [-0.4, -0.2) is 49.8 Å². The molecule has 2 amide bonds. The molecule has 0 aliphatic carbocycles. The SMILES string of the molecule is CSc1nnc(C(=O)C(NC(=O)Cn2c(-c3ccccc3)ncc(NC(=O)OCc3ccccc3)c2=O)C(C)C)o1. The van der Waals surface area contributed by atoms with Crippen LogP contribution < -0.4 is 16.2 Å². The Morgan fingerprint density at radius 2 is 1.71 bits per heavy atom. The summed E-state index contributed by atoms with van der Waals surface area (Å²) in [7, 11) is 0. The molecule has 0 spiro atoms. The van der Waals surface area contributed by atoms with Gasteiger partial charge in [-0.2, -0.15) is 0 Å². The lowest BCUT2D eigenvalue weighted by Gasteiger charge is -2.20. The minimum Gasteiger partial charge on any atom is -0.444 e. The molecule has 4 aromatic rings. The Balaban J connectivity index is 1.56. The van der Waals surface area contributed by atoms with Gasteiger partial charge in [0.05, 0.1) is 12.2 Å². The number of hydrogen-bond donors (Lipinski definition) is 2. The number of thioether (sulfide) groups is 1. The van der Waals surface area contributed by atoms with Crippen molar-refractivity contribution in [1.29, 1.82) is 0 Å². The van der Waals surface area contributed by atoms with Gasteiger partial charge in [0.15, 0.2) is 0 Å². The standard InChI is InChI=1S/C28H28N6O6S/c1-17(2)22(23(36)25-32-33-28(40-25)41-3)31-21(35)15-34-24(19-12-8-5-9-13-19)29-14-20(26(34)37)30-27(38)39-16-18-10-6-4-7-11-18/h4-14,17,22H,15-16H2,1-3H3,(H,30,38)(H,31,35). The number of aromatic nitrogens is 4. The molecule has 2 aromatic carbocycles. The molecule has 0 saturated heterocycles. The third-order valence-electron chi connectivity index (χ3n) is 5.89. The first-order valence-corrected chi connectivity index (χ1v) is 13.8. The number of nitrogens with one attached hydrogen (secondary N) is 2. The van der Waals surface area contributed by atoms with Gasteiger partial charge in [0.2, 0.25) is 11.7 Å². The monoisotopic (exact) mass is 576 g/mol. The van der Waals surface area contributed by atoms with E-state index in [1.807, 2.05) is 18.2 Å². The third kappa shape index (κ3) is 7.45. The maximum Gasteiger partial charge on any atom is 0.412 e. The summed E-state index contributed by atoms with van der Waals surface area (Å²) in [6.45, 7) is 3.02. The molecule has 212 valence electrons. The summed E-state index contributed by atoms with van der Waals surface area (Å²) in [6, 6.07) is 16.9. The number of rotatable bonds is 11. The maximum absolute atomic E-state index is 13.5. The molecule has 1 atom stereocenters. The fourth-order valence-electron chi connectivity index (χ4n) is 3.83. The molecule has 0 radical (unpaired) electrons. The van der Waals surface area contributed by atoms with Gasteiger partial charge in [-0.1, -0.05) is 86.3 Å². The number of Topliss-reactive ketones (excluding diaryl/α,β-unsaturated/α-hetero) is 1. The Morgan fingerprint density at radius 1 is 1.02 bits per heavy atom. The summed E-state index contributed by atoms with van der Waals surface area (Å²) in [6.07, 6.45) is 2.08. The molecule has 0 aliphatic rings. The van der Waals surface area contributed by atoms with Gasteiger partial charge in [0.1, 0.15) is 24.7 Å². The van der Waals surface area contributed by atoms with Crippen molar-refractivity contribution in [2.24, 2.45) is 5.92 Å². The van der Waals surface area contributed by atoms with E-state index in [-0.39, 0.29) is 35.2 Å². The minimum absolute atomic E-state index is 0.00188. The van der Waals surface area contributed by atoms with Crippen LogP contribution in [-0.2, 0) is 22.7 Å². The van der Waals surface area contributed by atoms with Crippen LogP contribution in [0.2, 0.25) is 0 Å². The van der Waals surface area contributed by atoms with Crippen LogP contribution in [0.1, 0.15) is 30.1 Å². The van der Waals surface area contributed by atoms with Gasteiger partial charge >= 0.3 is 6.09 Å². The highest BCUT2D eigenvalue weighted by Gasteiger charge is 2.30. The van der Waals surface area contributed by atoms with Crippen molar-refractivity contribution in [3.8, 4) is 11.4 Å². The lowest BCUT2D eigenvalue weighted by molar-refractivity contribution is -0.122. The van der Waals surface area contributed by atoms with Crippen molar-refractivity contribution >= 4 is 35.2 Å². The molecule has 0 saturated carbocycles. The number of hydrogen-bond acceptors (Lipinski definition) is 10. The van der Waals surface area contributed by atoms with Crippen molar-refractivity contribution in [2.45, 2.75) is 38.3 Å². The maximum atomic E-state index is 13.5. The topological polar surface area (TPSA) is 158 Å². The van der Waals surface area contributed by atoms with Crippen molar-refractivity contribution in [3.63, 3.8) is 0 Å². The number of ketones is 1. The van der Waals surface area contributed by atoms with Crippen LogP contribution in [0.3, 0.4) is 0 Å². The Kier molecular flexibility index (Phi) is 9.64. The number of carbonyl (C=O) groups excluding carboxylic acids is 3. The summed E-state index contributed by atoms with van der Waals surface area (Å²) in [5.74, 6) is -1.54. The predicted octanol–water partition coefficient (Wildman–Crippen LogP) is 3.79. The predicted molar refractivity (Wildman–Crippen MR) is 151 cm³/mol. The molecule has 41 heavy (non-hydrogen) atoms. The van der Waals surface area contributed by atoms with E-state index in [0.717, 1.165) is 10.1 Å². The van der Waals surface area contributed by atoms with E-state index >= 15 is 0 Å². The average molecular weight is 577 g/mol. The molecule has 2 aromatic heterocycles. The van der Waals surface area contributed by atoms with Crippen LogP contribution in [0.25, 0.3) is 11.4 Å². The van der Waals surface area contributed by atoms with E-state index in [2.05, 4.69) is 25.8 Å². The van der Waals surface area contributed by atoms with Gasteiger partial charge in [-0.15, -0.1) is 10.2 Å². The molecule has 0 fully saturated rings. The number of benzene rings is 2. The first kappa shape index (κ1) is 29.2.